The van der Waals surface area contributed by atoms with Gasteiger partial charge in [-0.3, -0.25) is 4.79 Å². The van der Waals surface area contributed by atoms with Crippen LogP contribution in [0.25, 0.3) is 0 Å². The van der Waals surface area contributed by atoms with Crippen molar-refractivity contribution in [2.45, 2.75) is 45.1 Å². The van der Waals surface area contributed by atoms with Gasteiger partial charge in [-0.25, -0.2) is 4.98 Å². The Kier molecular flexibility index (Phi) is 5.80. The first kappa shape index (κ1) is 19.2. The maximum atomic E-state index is 12.8. The van der Waals surface area contributed by atoms with Crippen molar-refractivity contribution in [3.63, 3.8) is 0 Å². The molecule has 150 valence electrons. The van der Waals surface area contributed by atoms with Gasteiger partial charge >= 0.3 is 0 Å². The van der Waals surface area contributed by atoms with Gasteiger partial charge in [0.25, 0.3) is 0 Å². The third-order valence-corrected chi connectivity index (χ3v) is 6.65. The van der Waals surface area contributed by atoms with E-state index in [0.717, 1.165) is 54.7 Å². The molecule has 1 saturated carbocycles. The predicted octanol–water partition coefficient (Wildman–Crippen LogP) is 3.36. The molecule has 1 atom stereocenters. The summed E-state index contributed by atoms with van der Waals surface area (Å²) in [5.74, 6) is 2.31. The highest BCUT2D eigenvalue weighted by atomic mass is 32.1. The number of anilines is 1. The second-order valence-electron chi connectivity index (χ2n) is 7.83. The van der Waals surface area contributed by atoms with Gasteiger partial charge in [0.1, 0.15) is 11.6 Å². The summed E-state index contributed by atoms with van der Waals surface area (Å²) in [5, 5.41) is 0.956. The van der Waals surface area contributed by atoms with Crippen LogP contribution < -0.4 is 9.64 Å². The zero-order valence-corrected chi connectivity index (χ0v) is 17.5. The second-order valence-corrected chi connectivity index (χ2v) is 8.56. The van der Waals surface area contributed by atoms with Crippen LogP contribution in [0.4, 0.5) is 5.13 Å². The van der Waals surface area contributed by atoms with Crippen LogP contribution in [-0.4, -0.2) is 53.0 Å². The normalized spacial score (nSPS) is 20.6. The SMILES string of the molecule is COc1cccc(Cc2nsc(N3CCN(C(=O)C4CCCC4)[C@H](C)C3)n2)c1. The molecular weight excluding hydrogens is 372 g/mol. The molecule has 0 bridgehead atoms. The average Bonchev–Trinajstić information content (AvgIpc) is 3.40. The molecule has 7 heteroatoms. The highest BCUT2D eigenvalue weighted by Crippen LogP contribution is 2.29. The van der Waals surface area contributed by atoms with Gasteiger partial charge in [0, 0.05) is 49.5 Å². The van der Waals surface area contributed by atoms with Crippen LogP contribution in [-0.2, 0) is 11.2 Å². The van der Waals surface area contributed by atoms with Gasteiger partial charge in [0.05, 0.1) is 7.11 Å². The number of hydrogen-bond acceptors (Lipinski definition) is 6. The van der Waals surface area contributed by atoms with Crippen LogP contribution in [0.3, 0.4) is 0 Å². The maximum Gasteiger partial charge on any atom is 0.226 e. The Bertz CT molecular complexity index is 818. The van der Waals surface area contributed by atoms with Gasteiger partial charge in [-0.15, -0.1) is 0 Å². The van der Waals surface area contributed by atoms with Gasteiger partial charge in [0.2, 0.25) is 11.0 Å². The zero-order valence-electron chi connectivity index (χ0n) is 16.6. The summed E-state index contributed by atoms with van der Waals surface area (Å²) in [7, 11) is 1.68. The van der Waals surface area contributed by atoms with E-state index in [1.807, 2.05) is 18.2 Å². The predicted molar refractivity (Wildman–Crippen MR) is 111 cm³/mol. The maximum absolute atomic E-state index is 12.8. The molecule has 4 rings (SSSR count). The van der Waals surface area contributed by atoms with Crippen LogP contribution >= 0.6 is 11.5 Å². The molecule has 0 N–H and O–H groups in total. The number of carbonyl (C=O) groups excluding carboxylic acids is 1. The number of amides is 1. The fourth-order valence-corrected chi connectivity index (χ4v) is 5.00. The van der Waals surface area contributed by atoms with E-state index in [1.54, 1.807) is 7.11 Å². The fraction of sp³-hybridized carbons (Fsp3) is 0.571. The first-order valence-electron chi connectivity index (χ1n) is 10.1. The van der Waals surface area contributed by atoms with Crippen molar-refractivity contribution in [3.05, 3.63) is 35.7 Å². The van der Waals surface area contributed by atoms with Crippen molar-refractivity contribution in [1.29, 1.82) is 0 Å². The molecule has 2 aliphatic rings. The van der Waals surface area contributed by atoms with E-state index in [4.69, 9.17) is 9.72 Å². The van der Waals surface area contributed by atoms with E-state index < -0.39 is 0 Å². The molecule has 1 aromatic carbocycles. The van der Waals surface area contributed by atoms with Crippen LogP contribution in [0.2, 0.25) is 0 Å². The van der Waals surface area contributed by atoms with Crippen molar-refractivity contribution < 1.29 is 9.53 Å². The summed E-state index contributed by atoms with van der Waals surface area (Å²) in [4.78, 5) is 21.9. The Morgan fingerprint density at radius 3 is 2.86 bits per heavy atom. The number of benzene rings is 1. The molecule has 0 radical (unpaired) electrons. The highest BCUT2D eigenvalue weighted by molar-refractivity contribution is 7.09. The minimum atomic E-state index is 0.215. The smallest absolute Gasteiger partial charge is 0.226 e. The molecule has 2 fully saturated rings. The average molecular weight is 401 g/mol. The first-order chi connectivity index (χ1) is 13.6. The Morgan fingerprint density at radius 2 is 2.11 bits per heavy atom. The number of methoxy groups -OCH3 is 1. The number of aromatic nitrogens is 2. The number of ether oxygens (including phenoxy) is 1. The molecule has 1 aromatic heterocycles. The minimum absolute atomic E-state index is 0.215. The first-order valence-corrected chi connectivity index (χ1v) is 10.9. The second kappa shape index (κ2) is 8.47. The van der Waals surface area contributed by atoms with Crippen molar-refractivity contribution in [2.24, 2.45) is 5.92 Å². The van der Waals surface area contributed by atoms with Crippen LogP contribution in [0.15, 0.2) is 24.3 Å². The highest BCUT2D eigenvalue weighted by Gasteiger charge is 2.33. The molecule has 28 heavy (non-hydrogen) atoms. The Balaban J connectivity index is 1.37. The summed E-state index contributed by atoms with van der Waals surface area (Å²) in [6.07, 6.45) is 5.23. The third-order valence-electron chi connectivity index (χ3n) is 5.84. The van der Waals surface area contributed by atoms with Gasteiger partial charge in [-0.05, 0) is 37.5 Å². The van der Waals surface area contributed by atoms with Crippen molar-refractivity contribution in [2.75, 3.05) is 31.6 Å². The summed E-state index contributed by atoms with van der Waals surface area (Å²) >= 11 is 1.45. The summed E-state index contributed by atoms with van der Waals surface area (Å²) in [6.45, 7) is 4.58. The van der Waals surface area contributed by atoms with Crippen LogP contribution in [0.1, 0.15) is 44.0 Å². The van der Waals surface area contributed by atoms with E-state index in [2.05, 4.69) is 27.2 Å². The number of piperazine rings is 1. The lowest BCUT2D eigenvalue weighted by Gasteiger charge is -2.40. The molecule has 2 heterocycles. The largest absolute Gasteiger partial charge is 0.497 e. The van der Waals surface area contributed by atoms with Gasteiger partial charge in [-0.2, -0.15) is 4.37 Å². The monoisotopic (exact) mass is 400 g/mol. The van der Waals surface area contributed by atoms with Crippen LogP contribution in [0, 0.1) is 5.92 Å². The lowest BCUT2D eigenvalue weighted by Crippen LogP contribution is -2.55. The van der Waals surface area contributed by atoms with Gasteiger partial charge in [-0.1, -0.05) is 25.0 Å². The molecule has 1 aliphatic carbocycles. The number of carbonyl (C=O) groups is 1. The quantitative estimate of drug-likeness (QED) is 0.770. The van der Waals surface area contributed by atoms with Crippen LogP contribution in [0.5, 0.6) is 5.75 Å². The molecule has 1 saturated heterocycles. The van der Waals surface area contributed by atoms with Crippen molar-refractivity contribution >= 4 is 22.6 Å². The molecular formula is C21H28N4O2S. The molecule has 6 nitrogen and oxygen atoms in total. The van der Waals surface area contributed by atoms with Gasteiger partial charge < -0.3 is 14.5 Å². The van der Waals surface area contributed by atoms with E-state index >= 15 is 0 Å². The molecule has 2 aromatic rings. The number of hydrogen-bond donors (Lipinski definition) is 0. The molecule has 0 unspecified atom stereocenters. The third kappa shape index (κ3) is 4.14. The van der Waals surface area contributed by atoms with Crippen molar-refractivity contribution in [3.8, 4) is 5.75 Å². The van der Waals surface area contributed by atoms with E-state index in [9.17, 15) is 4.79 Å². The number of nitrogens with zero attached hydrogens (tertiary/aromatic N) is 4. The van der Waals surface area contributed by atoms with E-state index in [0.29, 0.717) is 12.3 Å². The zero-order chi connectivity index (χ0) is 19.5. The summed E-state index contributed by atoms with van der Waals surface area (Å²) in [6, 6.07) is 8.24. The topological polar surface area (TPSA) is 58.6 Å². The van der Waals surface area contributed by atoms with Crippen molar-refractivity contribution in [1.82, 2.24) is 14.3 Å². The Morgan fingerprint density at radius 1 is 1.29 bits per heavy atom. The van der Waals surface area contributed by atoms with E-state index in [-0.39, 0.29) is 12.0 Å². The van der Waals surface area contributed by atoms with E-state index in [1.165, 1.54) is 24.4 Å². The lowest BCUT2D eigenvalue weighted by molar-refractivity contribution is -0.137. The Hall–Kier alpha value is -2.15. The molecule has 0 spiro atoms. The summed E-state index contributed by atoms with van der Waals surface area (Å²) in [5.41, 5.74) is 1.14. The van der Waals surface area contributed by atoms with Gasteiger partial charge in [0.15, 0.2) is 0 Å². The molecule has 1 aliphatic heterocycles. The lowest BCUT2D eigenvalue weighted by atomic mass is 10.0. The Labute approximate surface area is 170 Å². The number of rotatable bonds is 5. The summed E-state index contributed by atoms with van der Waals surface area (Å²) < 4.78 is 9.84. The standard InChI is InChI=1S/C21H28N4O2S/c1-15-14-24(10-11-25(15)20(26)17-7-3-4-8-17)21-22-19(23-28-21)13-16-6-5-9-18(12-16)27-2/h5-6,9,12,15,17H,3-4,7-8,10-11,13-14H2,1-2H3/t15-/m1/s1. The minimum Gasteiger partial charge on any atom is -0.497 e. The fourth-order valence-electron chi connectivity index (χ4n) is 4.28. The molecule has 1 amide bonds.